The maximum Gasteiger partial charge on any atom is 0.494 e. The average Bonchev–Trinajstić information content (AvgIpc) is 1.56. The molecule has 0 radical (unpaired) electrons. The zero-order valence-electron chi connectivity index (χ0n) is 60.7. The SMILES string of the molecule is CC1(C)OB(c2ccc3c(c2)c2ccc4c(ccn4-c4cccc(-c5ccccn5)c4)c2n3-c2ccccc2)OC1(C)C.Clc1nc(-c2ccccc2)c2ccccc2n1.c1ccc(-c2nc(-c3ccc4c(c3)c3ccc5c(ccn5-c5cccc(-c6ccccn6)c5)c3n4-c3ccccc3)nc3ccccc23)cc1. The van der Waals surface area contributed by atoms with Crippen molar-refractivity contribution in [1.29, 1.82) is 0 Å². The van der Waals surface area contributed by atoms with Crippen molar-refractivity contribution in [2.45, 2.75) is 38.9 Å². The van der Waals surface area contributed by atoms with Crippen LogP contribution in [-0.2, 0) is 9.31 Å². The van der Waals surface area contributed by atoms with Gasteiger partial charge in [0.05, 0.1) is 78.1 Å². The number of hydrogen-bond acceptors (Lipinski definition) is 8. The van der Waals surface area contributed by atoms with Gasteiger partial charge in [-0.25, -0.2) is 19.9 Å². The van der Waals surface area contributed by atoms with E-state index in [1.54, 1.807) is 0 Å². The van der Waals surface area contributed by atoms with E-state index in [1.165, 1.54) is 38.0 Å². The van der Waals surface area contributed by atoms with Crippen LogP contribution in [0.3, 0.4) is 0 Å². The lowest BCUT2D eigenvalue weighted by Crippen LogP contribution is -2.41. The van der Waals surface area contributed by atoms with Crippen LogP contribution in [0.2, 0.25) is 5.28 Å². The Labute approximate surface area is 640 Å². The van der Waals surface area contributed by atoms with Gasteiger partial charge in [-0.05, 0) is 178 Å². The molecule has 1 aliphatic rings. The summed E-state index contributed by atoms with van der Waals surface area (Å²) in [6.45, 7) is 8.39. The van der Waals surface area contributed by atoms with Crippen LogP contribution in [0, 0.1) is 0 Å². The smallest absolute Gasteiger partial charge is 0.399 e. The molecule has 0 spiro atoms. The molecule has 0 bridgehead atoms. The van der Waals surface area contributed by atoms with Crippen molar-refractivity contribution in [3.8, 4) is 79.2 Å². The van der Waals surface area contributed by atoms with Crippen molar-refractivity contribution in [2.24, 2.45) is 0 Å². The van der Waals surface area contributed by atoms with Crippen molar-refractivity contribution in [1.82, 2.24) is 48.2 Å². The summed E-state index contributed by atoms with van der Waals surface area (Å²) < 4.78 is 22.2. The first-order valence-electron chi connectivity index (χ1n) is 36.9. The molecule has 12 nitrogen and oxygen atoms in total. The lowest BCUT2D eigenvalue weighted by atomic mass is 9.78. The fraction of sp³-hybridized carbons (Fsp3) is 0.0625. The first kappa shape index (κ1) is 67.2. The molecule has 14 heteroatoms. The molecule has 20 aromatic rings. The van der Waals surface area contributed by atoms with Gasteiger partial charge in [-0.1, -0.05) is 194 Å². The molecule has 9 heterocycles. The molecular formula is C96H70BClN10O2. The van der Waals surface area contributed by atoms with Crippen LogP contribution in [0.25, 0.3) is 166 Å². The monoisotopic (exact) mass is 1440 g/mol. The Kier molecular flexibility index (Phi) is 16.9. The molecule has 0 atom stereocenters. The van der Waals surface area contributed by atoms with Crippen LogP contribution in [0.15, 0.2) is 352 Å². The van der Waals surface area contributed by atoms with E-state index >= 15 is 0 Å². The molecule has 110 heavy (non-hydrogen) atoms. The van der Waals surface area contributed by atoms with Gasteiger partial charge in [-0.15, -0.1) is 0 Å². The summed E-state index contributed by atoms with van der Waals surface area (Å²) >= 11 is 5.95. The Bertz CT molecular complexity index is 6850. The van der Waals surface area contributed by atoms with Crippen LogP contribution in [0.1, 0.15) is 27.7 Å². The normalized spacial score (nSPS) is 13.2. The predicted molar refractivity (Wildman–Crippen MR) is 451 cm³/mol. The van der Waals surface area contributed by atoms with Crippen LogP contribution in [0.5, 0.6) is 0 Å². The summed E-state index contributed by atoms with van der Waals surface area (Å²) in [6.07, 6.45) is 8.02. The van der Waals surface area contributed by atoms with Crippen LogP contribution in [0.4, 0.5) is 0 Å². The molecule has 1 aliphatic heterocycles. The maximum absolute atomic E-state index is 6.43. The van der Waals surface area contributed by atoms with E-state index in [-0.39, 0.29) is 5.28 Å². The molecule has 21 rings (SSSR count). The van der Waals surface area contributed by atoms with Crippen molar-refractivity contribution in [2.75, 3.05) is 0 Å². The fourth-order valence-corrected chi connectivity index (χ4v) is 15.6. The summed E-state index contributed by atoms with van der Waals surface area (Å²) in [6, 6.07) is 114. The quantitative estimate of drug-likeness (QED) is 0.0982. The second kappa shape index (κ2) is 27.7. The molecule has 12 aromatic carbocycles. The van der Waals surface area contributed by atoms with Crippen molar-refractivity contribution in [3.63, 3.8) is 0 Å². The van der Waals surface area contributed by atoms with E-state index in [0.717, 1.165) is 128 Å². The lowest BCUT2D eigenvalue weighted by molar-refractivity contribution is 0.00578. The number of para-hydroxylation sites is 4. The zero-order valence-corrected chi connectivity index (χ0v) is 61.5. The van der Waals surface area contributed by atoms with E-state index in [1.807, 2.05) is 116 Å². The highest BCUT2D eigenvalue weighted by Gasteiger charge is 2.52. The largest absolute Gasteiger partial charge is 0.494 e. The maximum atomic E-state index is 6.43. The summed E-state index contributed by atoms with van der Waals surface area (Å²) in [5.74, 6) is 0.713. The molecule has 0 saturated carbocycles. The van der Waals surface area contributed by atoms with Crippen molar-refractivity contribution >= 4 is 111 Å². The van der Waals surface area contributed by atoms with E-state index in [2.05, 4.69) is 303 Å². The number of aromatic nitrogens is 10. The highest BCUT2D eigenvalue weighted by Crippen LogP contribution is 2.43. The second-order valence-electron chi connectivity index (χ2n) is 28.6. The van der Waals surface area contributed by atoms with Gasteiger partial charge < -0.3 is 27.6 Å². The Morgan fingerprint density at radius 1 is 0.309 bits per heavy atom. The predicted octanol–water partition coefficient (Wildman–Crippen LogP) is 23.1. The number of halogens is 1. The first-order valence-corrected chi connectivity index (χ1v) is 37.3. The van der Waals surface area contributed by atoms with Gasteiger partial charge in [0.2, 0.25) is 5.28 Å². The lowest BCUT2D eigenvalue weighted by Gasteiger charge is -2.32. The van der Waals surface area contributed by atoms with Gasteiger partial charge in [0, 0.05) is 118 Å². The molecule has 0 unspecified atom stereocenters. The summed E-state index contributed by atoms with van der Waals surface area (Å²) in [4.78, 5) is 28.0. The van der Waals surface area contributed by atoms with E-state index in [4.69, 9.17) is 30.9 Å². The minimum absolute atomic E-state index is 0.280. The second-order valence-corrected chi connectivity index (χ2v) is 29.0. The zero-order chi connectivity index (χ0) is 74.0. The average molecular weight is 1440 g/mol. The van der Waals surface area contributed by atoms with Crippen molar-refractivity contribution in [3.05, 3.63) is 358 Å². The van der Waals surface area contributed by atoms with Crippen LogP contribution in [-0.4, -0.2) is 66.5 Å². The van der Waals surface area contributed by atoms with Crippen molar-refractivity contribution < 1.29 is 9.31 Å². The molecule has 8 aromatic heterocycles. The molecule has 1 fully saturated rings. The number of benzene rings is 12. The highest BCUT2D eigenvalue weighted by atomic mass is 35.5. The summed E-state index contributed by atoms with van der Waals surface area (Å²) in [5.41, 5.74) is 22.4. The van der Waals surface area contributed by atoms with Gasteiger partial charge in [0.1, 0.15) is 0 Å². The summed E-state index contributed by atoms with van der Waals surface area (Å²) in [7, 11) is -0.416. The number of hydrogen-bond donors (Lipinski definition) is 0. The van der Waals surface area contributed by atoms with Gasteiger partial charge in [-0.2, -0.15) is 0 Å². The third-order valence-corrected chi connectivity index (χ3v) is 21.6. The number of nitrogens with zero attached hydrogens (tertiary/aromatic N) is 10. The van der Waals surface area contributed by atoms with Gasteiger partial charge >= 0.3 is 7.12 Å². The number of pyridine rings is 2. The standard InChI is InChI=1S/C45H29N5.C37H32BN3O2.C14H9ClN2/c1-3-12-30(13-4-1)43-36-18-7-8-20-40(36)47-45(48-43)32-21-23-42-38(29-32)35-22-24-41-37(44(35)50(42)33-15-5-2-6-16-33)25-27-49(41)34-17-11-14-31(28-34)39-19-9-10-26-46-39;1-36(2)37(3,4)43-38(42-36)26-16-18-34-31(24-26)29-17-19-33-30(35(29)41(34)27-12-6-5-7-13-27)20-22-40(33)28-14-10-11-25(23-28)32-15-8-9-21-39-32;15-14-16-12-9-5-4-8-11(12)13(17-14)10-6-2-1-3-7-10/h1-29H;5-24H,1-4H3;1-9H. The Morgan fingerprint density at radius 3 is 1.25 bits per heavy atom. The summed E-state index contributed by atoms with van der Waals surface area (Å²) in [5, 5.41) is 9.43. The van der Waals surface area contributed by atoms with Crippen LogP contribution < -0.4 is 5.46 Å². The first-order chi connectivity index (χ1) is 53.9. The third-order valence-electron chi connectivity index (χ3n) is 21.5. The molecule has 526 valence electrons. The molecular weight excluding hydrogens is 1370 g/mol. The number of rotatable bonds is 10. The topological polar surface area (TPSA) is 116 Å². The van der Waals surface area contributed by atoms with E-state index < -0.39 is 18.3 Å². The third kappa shape index (κ3) is 12.1. The minimum atomic E-state index is -0.416. The molecule has 0 N–H and O–H groups in total. The minimum Gasteiger partial charge on any atom is -0.399 e. The Morgan fingerprint density at radius 2 is 0.736 bits per heavy atom. The van der Waals surface area contributed by atoms with Gasteiger partial charge in [-0.3, -0.25) is 9.97 Å². The van der Waals surface area contributed by atoms with Gasteiger partial charge in [0.15, 0.2) is 5.82 Å². The van der Waals surface area contributed by atoms with Crippen LogP contribution >= 0.6 is 11.6 Å². The highest BCUT2D eigenvalue weighted by molar-refractivity contribution is 6.62. The molecule has 0 aliphatic carbocycles. The fourth-order valence-electron chi connectivity index (χ4n) is 15.5. The molecule has 0 amide bonds. The Hall–Kier alpha value is -13.4. The number of fused-ring (bicyclic) bond motifs is 12. The van der Waals surface area contributed by atoms with E-state index in [0.29, 0.717) is 5.82 Å². The van der Waals surface area contributed by atoms with Gasteiger partial charge in [0.25, 0.3) is 0 Å². The van der Waals surface area contributed by atoms with E-state index in [9.17, 15) is 0 Å². The molecule has 1 saturated heterocycles. The Balaban J connectivity index is 0.000000124.